The molecule has 1 N–H and O–H groups in total. The maximum atomic E-state index is 12.9. The summed E-state index contributed by atoms with van der Waals surface area (Å²) in [7, 11) is -1.93. The number of pyridine rings is 1. The highest BCUT2D eigenvalue weighted by Crippen LogP contribution is 2.25. The van der Waals surface area contributed by atoms with Crippen molar-refractivity contribution in [3.8, 4) is 0 Å². The molecule has 1 unspecified atom stereocenters. The highest BCUT2D eigenvalue weighted by Gasteiger charge is 2.37. The first kappa shape index (κ1) is 22.0. The molecule has 1 fully saturated rings. The molecule has 0 radical (unpaired) electrons. The van der Waals surface area contributed by atoms with E-state index in [-0.39, 0.29) is 32.1 Å². The van der Waals surface area contributed by atoms with Crippen LogP contribution in [0, 0.1) is 0 Å². The third kappa shape index (κ3) is 4.53. The number of halogens is 1. The van der Waals surface area contributed by atoms with Crippen molar-refractivity contribution < 1.29 is 18.3 Å². The average molecular weight is 481 g/mol. The molecule has 0 spiro atoms. The van der Waals surface area contributed by atoms with Gasteiger partial charge in [-0.3, -0.25) is 9.78 Å². The largest absolute Gasteiger partial charge is 0.394 e. The lowest BCUT2D eigenvalue weighted by Crippen LogP contribution is -2.58. The zero-order valence-corrected chi connectivity index (χ0v) is 19.1. The molecule has 3 aromatic rings. The summed E-state index contributed by atoms with van der Waals surface area (Å²) in [5.41, 5.74) is 1.86. The van der Waals surface area contributed by atoms with Gasteiger partial charge in [0, 0.05) is 47.4 Å². The molecular formula is C20H21ClN4O4S2. The molecule has 1 atom stereocenters. The summed E-state index contributed by atoms with van der Waals surface area (Å²) in [6.07, 6.45) is 4.91. The van der Waals surface area contributed by atoms with E-state index in [0.717, 1.165) is 26.3 Å². The Bertz CT molecular complexity index is 1250. The normalized spacial score (nSPS) is 18.5. The number of hydrogen-bond acceptors (Lipinski definition) is 6. The molecule has 1 saturated heterocycles. The molecule has 3 aromatic heterocycles. The van der Waals surface area contributed by atoms with Gasteiger partial charge < -0.3 is 14.6 Å². The van der Waals surface area contributed by atoms with Gasteiger partial charge in [0.15, 0.2) is 0 Å². The van der Waals surface area contributed by atoms with E-state index in [1.54, 1.807) is 24.5 Å². The molecule has 1 aliphatic heterocycles. The Morgan fingerprint density at radius 3 is 2.84 bits per heavy atom. The van der Waals surface area contributed by atoms with Gasteiger partial charge in [0.2, 0.25) is 15.9 Å². The molecule has 0 bridgehead atoms. The van der Waals surface area contributed by atoms with Crippen molar-refractivity contribution in [3.63, 3.8) is 0 Å². The van der Waals surface area contributed by atoms with E-state index in [4.69, 9.17) is 11.6 Å². The number of carbonyl (C=O) groups is 1. The number of aryl methyl sites for hydroxylation is 1. The summed E-state index contributed by atoms with van der Waals surface area (Å²) in [5.74, 6) is -0.357. The van der Waals surface area contributed by atoms with Crippen LogP contribution in [-0.4, -0.2) is 63.9 Å². The Hall–Kier alpha value is -2.24. The van der Waals surface area contributed by atoms with E-state index < -0.39 is 16.1 Å². The number of aromatic nitrogens is 2. The molecule has 11 heteroatoms. The maximum Gasteiger partial charge on any atom is 0.238 e. The number of aliphatic hydroxyl groups excluding tert-OH is 1. The minimum absolute atomic E-state index is 0.0195. The van der Waals surface area contributed by atoms with Crippen LogP contribution in [-0.2, 0) is 28.4 Å². The lowest BCUT2D eigenvalue weighted by molar-refractivity contribution is -0.139. The van der Waals surface area contributed by atoms with E-state index >= 15 is 0 Å². The zero-order valence-electron chi connectivity index (χ0n) is 16.7. The Morgan fingerprint density at radius 2 is 2.16 bits per heavy atom. The Kier molecular flexibility index (Phi) is 6.18. The second-order valence-electron chi connectivity index (χ2n) is 7.27. The second-order valence-corrected chi connectivity index (χ2v) is 10.8. The fourth-order valence-corrected chi connectivity index (χ4v) is 5.85. The Labute approximate surface area is 189 Å². The number of rotatable bonds is 6. The van der Waals surface area contributed by atoms with Crippen molar-refractivity contribution in [1.29, 1.82) is 0 Å². The lowest BCUT2D eigenvalue weighted by atomic mass is 10.2. The van der Waals surface area contributed by atoms with Crippen molar-refractivity contribution in [1.82, 2.24) is 18.8 Å². The lowest BCUT2D eigenvalue weighted by Gasteiger charge is -2.39. The van der Waals surface area contributed by atoms with Gasteiger partial charge >= 0.3 is 0 Å². The van der Waals surface area contributed by atoms with Crippen molar-refractivity contribution in [2.75, 3.05) is 19.7 Å². The summed E-state index contributed by atoms with van der Waals surface area (Å²) in [5, 5.41) is 11.9. The minimum Gasteiger partial charge on any atom is -0.394 e. The van der Waals surface area contributed by atoms with Gasteiger partial charge in [-0.1, -0.05) is 11.6 Å². The quantitative estimate of drug-likeness (QED) is 0.584. The Balaban J connectivity index is 1.52. The monoisotopic (exact) mass is 480 g/mol. The van der Waals surface area contributed by atoms with Gasteiger partial charge in [0.25, 0.3) is 0 Å². The van der Waals surface area contributed by atoms with Crippen LogP contribution in [0.5, 0.6) is 0 Å². The highest BCUT2D eigenvalue weighted by atomic mass is 35.5. The first-order chi connectivity index (χ1) is 14.8. The molecule has 0 aromatic carbocycles. The summed E-state index contributed by atoms with van der Waals surface area (Å²) >= 11 is 7.14. The van der Waals surface area contributed by atoms with E-state index in [1.165, 1.54) is 22.3 Å². The van der Waals surface area contributed by atoms with Gasteiger partial charge in [-0.25, -0.2) is 8.42 Å². The molecule has 31 heavy (non-hydrogen) atoms. The van der Waals surface area contributed by atoms with Crippen molar-refractivity contribution in [2.45, 2.75) is 12.6 Å². The number of piperazine rings is 1. The SMILES string of the molecule is Cn1c(CN2C(=O)CN(S(=O)(=O)C=Cc3ccc(Cl)s3)CC2CO)cc2cnccc21. The fraction of sp³-hybridized carbons (Fsp3) is 0.300. The number of sulfonamides is 1. The molecule has 164 valence electrons. The van der Waals surface area contributed by atoms with Gasteiger partial charge in [-0.2, -0.15) is 4.31 Å². The molecule has 1 amide bonds. The Morgan fingerprint density at radius 1 is 1.35 bits per heavy atom. The summed E-state index contributed by atoms with van der Waals surface area (Å²) in [6.45, 7) is -0.328. The third-order valence-corrected chi connectivity index (χ3v) is 8.00. The molecule has 0 saturated carbocycles. The van der Waals surface area contributed by atoms with Crippen LogP contribution in [0.2, 0.25) is 4.34 Å². The topological polar surface area (TPSA) is 95.7 Å². The zero-order chi connectivity index (χ0) is 22.2. The smallest absolute Gasteiger partial charge is 0.238 e. The number of thiophene rings is 1. The molecule has 4 rings (SSSR count). The summed E-state index contributed by atoms with van der Waals surface area (Å²) in [4.78, 5) is 19.2. The number of aliphatic hydroxyl groups is 1. The van der Waals surface area contributed by atoms with Crippen LogP contribution in [0.3, 0.4) is 0 Å². The van der Waals surface area contributed by atoms with Crippen LogP contribution in [0.25, 0.3) is 17.0 Å². The van der Waals surface area contributed by atoms with Gasteiger partial charge in [-0.05, 0) is 30.3 Å². The number of amides is 1. The first-order valence-corrected chi connectivity index (χ1v) is 12.2. The van der Waals surface area contributed by atoms with Crippen molar-refractivity contribution in [2.24, 2.45) is 7.05 Å². The van der Waals surface area contributed by atoms with Gasteiger partial charge in [0.1, 0.15) is 0 Å². The van der Waals surface area contributed by atoms with Crippen molar-refractivity contribution >= 4 is 55.8 Å². The molecular weight excluding hydrogens is 460 g/mol. The number of hydrogen-bond donors (Lipinski definition) is 1. The van der Waals surface area contributed by atoms with Crippen LogP contribution in [0.15, 0.2) is 42.1 Å². The van der Waals surface area contributed by atoms with E-state index in [9.17, 15) is 18.3 Å². The number of carbonyl (C=O) groups excluding carboxylic acids is 1. The van der Waals surface area contributed by atoms with Gasteiger partial charge in [0.05, 0.1) is 35.6 Å². The van der Waals surface area contributed by atoms with E-state index in [1.807, 2.05) is 23.7 Å². The molecule has 8 nitrogen and oxygen atoms in total. The third-order valence-electron chi connectivity index (χ3n) is 5.33. The molecule has 4 heterocycles. The van der Waals surface area contributed by atoms with Crippen LogP contribution in [0.4, 0.5) is 0 Å². The number of fused-ring (bicyclic) bond motifs is 1. The fourth-order valence-electron chi connectivity index (χ4n) is 3.64. The predicted octanol–water partition coefficient (Wildman–Crippen LogP) is 2.29. The highest BCUT2D eigenvalue weighted by molar-refractivity contribution is 7.92. The van der Waals surface area contributed by atoms with Crippen LogP contribution >= 0.6 is 22.9 Å². The standard InChI is InChI=1S/C20H21ClN4O4S2/c1-23-15(8-14-9-22-6-4-18(14)23)11-25-16(13-26)10-24(12-20(25)27)31(28,29)7-5-17-2-3-19(21)30-17/h2-9,16,26H,10-13H2,1H3. The minimum atomic E-state index is -3.83. The second kappa shape index (κ2) is 8.71. The van der Waals surface area contributed by atoms with Gasteiger partial charge in [-0.15, -0.1) is 11.3 Å². The van der Waals surface area contributed by atoms with Crippen LogP contribution in [0.1, 0.15) is 10.6 Å². The summed E-state index contributed by atoms with van der Waals surface area (Å²) in [6, 6.07) is 6.60. The maximum absolute atomic E-state index is 12.9. The molecule has 0 aliphatic carbocycles. The van der Waals surface area contributed by atoms with Crippen LogP contribution < -0.4 is 0 Å². The average Bonchev–Trinajstić information content (AvgIpc) is 3.31. The number of nitrogens with zero attached hydrogens (tertiary/aromatic N) is 4. The predicted molar refractivity (Wildman–Crippen MR) is 121 cm³/mol. The molecule has 1 aliphatic rings. The summed E-state index contributed by atoms with van der Waals surface area (Å²) < 4.78 is 29.1. The van der Waals surface area contributed by atoms with E-state index in [0.29, 0.717) is 9.21 Å². The van der Waals surface area contributed by atoms with E-state index in [2.05, 4.69) is 4.98 Å². The first-order valence-electron chi connectivity index (χ1n) is 9.50. The van der Waals surface area contributed by atoms with Crippen molar-refractivity contribution in [3.05, 3.63) is 57.0 Å².